The Kier molecular flexibility index (Phi) is 6.92. The zero-order valence-electron chi connectivity index (χ0n) is 15.8. The third-order valence-electron chi connectivity index (χ3n) is 4.02. The van der Waals surface area contributed by atoms with Crippen LogP contribution in [0.15, 0.2) is 53.6 Å². The molecule has 1 heterocycles. The number of anilines is 1. The van der Waals surface area contributed by atoms with Crippen LogP contribution in [0.3, 0.4) is 0 Å². The Balaban J connectivity index is 1.90. The molecule has 158 valence electrons. The summed E-state index contributed by atoms with van der Waals surface area (Å²) in [6, 6.07) is 11.5. The monoisotopic (exact) mass is 487 g/mol. The van der Waals surface area contributed by atoms with Crippen LogP contribution in [-0.2, 0) is 10.0 Å². The van der Waals surface area contributed by atoms with Crippen LogP contribution in [0, 0.1) is 0 Å². The van der Waals surface area contributed by atoms with Gasteiger partial charge in [-0.25, -0.2) is 13.4 Å². The molecule has 0 amide bonds. The summed E-state index contributed by atoms with van der Waals surface area (Å²) in [6.45, 7) is 1.77. The van der Waals surface area contributed by atoms with Crippen molar-refractivity contribution in [2.24, 2.45) is 0 Å². The molecule has 1 aromatic heterocycles. The summed E-state index contributed by atoms with van der Waals surface area (Å²) in [5.74, 6) is 0.462. The molecule has 2 aromatic carbocycles. The van der Waals surface area contributed by atoms with Crippen molar-refractivity contribution in [3.05, 3.63) is 69.4 Å². The molecule has 0 aliphatic carbocycles. The topological polar surface area (TPSA) is 90.4 Å². The second kappa shape index (κ2) is 9.26. The molecule has 3 aromatic rings. The quantitative estimate of drug-likeness (QED) is 0.480. The van der Waals surface area contributed by atoms with Crippen molar-refractivity contribution in [1.82, 2.24) is 9.97 Å². The lowest BCUT2D eigenvalue weighted by Crippen LogP contribution is -2.16. The summed E-state index contributed by atoms with van der Waals surface area (Å²) in [7, 11) is -2.55. The third-order valence-corrected chi connectivity index (χ3v) is 6.52. The maximum atomic E-state index is 12.8. The van der Waals surface area contributed by atoms with Crippen LogP contribution in [0.1, 0.15) is 18.6 Å². The van der Waals surface area contributed by atoms with Crippen LogP contribution in [0.25, 0.3) is 0 Å². The second-order valence-corrected chi connectivity index (χ2v) is 8.86. The molecule has 0 spiro atoms. The molecule has 3 rings (SSSR count). The summed E-state index contributed by atoms with van der Waals surface area (Å²) in [5.41, 5.74) is 0.810. The van der Waals surface area contributed by atoms with Gasteiger partial charge in [0.25, 0.3) is 15.9 Å². The van der Waals surface area contributed by atoms with Crippen molar-refractivity contribution in [2.75, 3.05) is 11.8 Å². The number of hydrogen-bond acceptors (Lipinski definition) is 6. The van der Waals surface area contributed by atoms with Crippen LogP contribution >= 0.6 is 34.8 Å². The van der Waals surface area contributed by atoms with E-state index < -0.39 is 16.1 Å². The first-order chi connectivity index (χ1) is 14.2. The number of aromatic nitrogens is 2. The molecule has 0 saturated carbocycles. The molecule has 11 heteroatoms. The number of ether oxygens (including phenoxy) is 2. The van der Waals surface area contributed by atoms with Crippen molar-refractivity contribution in [3.8, 4) is 11.6 Å². The van der Waals surface area contributed by atoms with Crippen LogP contribution in [0.4, 0.5) is 5.82 Å². The van der Waals surface area contributed by atoms with E-state index in [1.165, 1.54) is 24.4 Å². The number of sulfonamides is 1. The lowest BCUT2D eigenvalue weighted by atomic mass is 10.1. The number of hydrogen-bond donors (Lipinski definition) is 1. The first-order valence-electron chi connectivity index (χ1n) is 8.51. The summed E-state index contributed by atoms with van der Waals surface area (Å²) in [4.78, 5) is 7.86. The van der Waals surface area contributed by atoms with Crippen LogP contribution in [0.5, 0.6) is 11.6 Å². The normalized spacial score (nSPS) is 12.3. The molecule has 1 N–H and O–H groups in total. The van der Waals surface area contributed by atoms with Crippen molar-refractivity contribution in [3.63, 3.8) is 0 Å². The highest BCUT2D eigenvalue weighted by Crippen LogP contribution is 2.33. The van der Waals surface area contributed by atoms with E-state index in [-0.39, 0.29) is 31.8 Å². The van der Waals surface area contributed by atoms with E-state index in [4.69, 9.17) is 44.3 Å². The van der Waals surface area contributed by atoms with Gasteiger partial charge in [0, 0.05) is 0 Å². The Labute approximate surface area is 189 Å². The lowest BCUT2D eigenvalue weighted by Gasteiger charge is -2.17. The predicted molar refractivity (Wildman–Crippen MR) is 116 cm³/mol. The molecule has 30 heavy (non-hydrogen) atoms. The van der Waals surface area contributed by atoms with Crippen molar-refractivity contribution < 1.29 is 17.9 Å². The lowest BCUT2D eigenvalue weighted by molar-refractivity contribution is 0.218. The Bertz CT molecular complexity index is 1160. The SMILES string of the molecule is COc1ccc(C(C)Oc2nc(Cl)cnc2NS(=O)(=O)c2cccc(Cl)c2Cl)cc1. The minimum absolute atomic E-state index is 0.0377. The average Bonchev–Trinajstić information content (AvgIpc) is 2.72. The standard InChI is InChI=1S/C19H16Cl3N3O4S/c1-11(12-6-8-13(28-2)9-7-12)29-19-18(23-10-16(21)24-19)25-30(26,27)15-5-3-4-14(20)17(15)22/h3-11H,1-2H3,(H,23,25). The van der Waals surface area contributed by atoms with Gasteiger partial charge in [-0.3, -0.25) is 4.72 Å². The van der Waals surface area contributed by atoms with E-state index in [0.717, 1.165) is 5.56 Å². The summed E-state index contributed by atoms with van der Waals surface area (Å²) in [5, 5.41) is 0.0321. The molecule has 7 nitrogen and oxygen atoms in total. The van der Waals surface area contributed by atoms with Crippen LogP contribution < -0.4 is 14.2 Å². The summed E-state index contributed by atoms with van der Waals surface area (Å²) in [6.07, 6.45) is 0.714. The zero-order valence-corrected chi connectivity index (χ0v) is 18.8. The van der Waals surface area contributed by atoms with Gasteiger partial charge >= 0.3 is 0 Å². The first-order valence-corrected chi connectivity index (χ1v) is 11.1. The van der Waals surface area contributed by atoms with Gasteiger partial charge in [-0.2, -0.15) is 4.98 Å². The minimum Gasteiger partial charge on any atom is -0.497 e. The predicted octanol–water partition coefficient (Wildman–Crippen LogP) is 5.39. The molecular formula is C19H16Cl3N3O4S. The molecule has 0 aliphatic heterocycles. The molecule has 1 atom stereocenters. The van der Waals surface area contributed by atoms with Gasteiger partial charge < -0.3 is 9.47 Å². The van der Waals surface area contributed by atoms with Crippen molar-refractivity contribution in [2.45, 2.75) is 17.9 Å². The second-order valence-electron chi connectivity index (χ2n) is 6.04. The highest BCUT2D eigenvalue weighted by Gasteiger charge is 2.23. The average molecular weight is 489 g/mol. The maximum absolute atomic E-state index is 12.8. The smallest absolute Gasteiger partial charge is 0.264 e. The summed E-state index contributed by atoms with van der Waals surface area (Å²) < 4.78 is 38.9. The third kappa shape index (κ3) is 5.07. The molecule has 0 bridgehead atoms. The van der Waals surface area contributed by atoms with Gasteiger partial charge in [-0.1, -0.05) is 53.0 Å². The molecule has 0 saturated heterocycles. The number of benzene rings is 2. The molecule has 0 fully saturated rings. The van der Waals surface area contributed by atoms with E-state index >= 15 is 0 Å². The van der Waals surface area contributed by atoms with Gasteiger partial charge in [-0.05, 0) is 36.8 Å². The fourth-order valence-electron chi connectivity index (χ4n) is 2.49. The van der Waals surface area contributed by atoms with E-state index in [0.29, 0.717) is 5.75 Å². The Morgan fingerprint density at radius 3 is 2.43 bits per heavy atom. The van der Waals surface area contributed by atoms with Gasteiger partial charge in [0.15, 0.2) is 5.15 Å². The van der Waals surface area contributed by atoms with Crippen molar-refractivity contribution >= 4 is 50.6 Å². The van der Waals surface area contributed by atoms with E-state index in [9.17, 15) is 8.42 Å². The Morgan fingerprint density at radius 1 is 1.07 bits per heavy atom. The first kappa shape index (κ1) is 22.4. The minimum atomic E-state index is -4.12. The highest BCUT2D eigenvalue weighted by molar-refractivity contribution is 7.92. The maximum Gasteiger partial charge on any atom is 0.264 e. The molecule has 1 unspecified atom stereocenters. The van der Waals surface area contributed by atoms with E-state index in [2.05, 4.69) is 14.7 Å². The summed E-state index contributed by atoms with van der Waals surface area (Å²) >= 11 is 17.9. The number of nitrogens with zero attached hydrogens (tertiary/aromatic N) is 2. The highest BCUT2D eigenvalue weighted by atomic mass is 35.5. The van der Waals surface area contributed by atoms with E-state index in [1.54, 1.807) is 26.2 Å². The van der Waals surface area contributed by atoms with Gasteiger partial charge in [-0.15, -0.1) is 0 Å². The Hall–Kier alpha value is -2.26. The molecular weight excluding hydrogens is 473 g/mol. The van der Waals surface area contributed by atoms with Crippen molar-refractivity contribution in [1.29, 1.82) is 0 Å². The fourth-order valence-corrected chi connectivity index (χ4v) is 4.38. The molecule has 0 aliphatic rings. The number of nitrogens with one attached hydrogen (secondary N) is 1. The molecule has 0 radical (unpaired) electrons. The fraction of sp³-hybridized carbons (Fsp3) is 0.158. The number of rotatable bonds is 7. The van der Waals surface area contributed by atoms with E-state index in [1.807, 2.05) is 12.1 Å². The van der Waals surface area contributed by atoms with Gasteiger partial charge in [0.2, 0.25) is 5.82 Å². The largest absolute Gasteiger partial charge is 0.497 e. The van der Waals surface area contributed by atoms with Crippen LogP contribution in [0.2, 0.25) is 15.2 Å². The Morgan fingerprint density at radius 2 is 1.77 bits per heavy atom. The van der Waals surface area contributed by atoms with Crippen LogP contribution in [-0.4, -0.2) is 25.5 Å². The number of methoxy groups -OCH3 is 1. The number of halogens is 3. The zero-order chi connectivity index (χ0) is 21.9. The van der Waals surface area contributed by atoms with Gasteiger partial charge in [0.05, 0.1) is 23.4 Å². The van der Waals surface area contributed by atoms with Gasteiger partial charge in [0.1, 0.15) is 16.7 Å².